The number of esters is 1. The summed E-state index contributed by atoms with van der Waals surface area (Å²) < 4.78 is 10.2. The van der Waals surface area contributed by atoms with Crippen molar-refractivity contribution in [2.45, 2.75) is 19.1 Å². The summed E-state index contributed by atoms with van der Waals surface area (Å²) >= 11 is 1.80. The SMILES string of the molecule is [C-]#[N+]C(=Cc1cc2cc3c(cc2oc1=O)C#CCCSC3)C(=O)OCC. The van der Waals surface area contributed by atoms with Crippen molar-refractivity contribution < 1.29 is 13.9 Å². The number of ether oxygens (including phenoxy) is 1. The number of nitrogens with zero attached hydrogens (tertiary/aromatic N) is 1. The van der Waals surface area contributed by atoms with Crippen molar-refractivity contribution in [1.29, 1.82) is 0 Å². The van der Waals surface area contributed by atoms with Crippen molar-refractivity contribution in [1.82, 2.24) is 0 Å². The minimum atomic E-state index is -0.758. The Morgan fingerprint density at radius 2 is 2.31 bits per heavy atom. The second kappa shape index (κ2) is 7.95. The number of rotatable bonds is 3. The Balaban J connectivity index is 2.11. The molecule has 1 aromatic heterocycles. The van der Waals surface area contributed by atoms with Gasteiger partial charge in [0.05, 0.1) is 18.7 Å². The molecule has 0 radical (unpaired) electrons. The monoisotopic (exact) mass is 365 g/mol. The van der Waals surface area contributed by atoms with E-state index in [4.69, 9.17) is 15.7 Å². The predicted octanol–water partition coefficient (Wildman–Crippen LogP) is 3.60. The molecule has 6 heteroatoms. The number of hydrogen-bond acceptors (Lipinski definition) is 5. The summed E-state index contributed by atoms with van der Waals surface area (Å²) in [6.45, 7) is 8.93. The van der Waals surface area contributed by atoms with Crippen LogP contribution in [0.4, 0.5) is 0 Å². The molecule has 3 rings (SSSR count). The van der Waals surface area contributed by atoms with Crippen LogP contribution in [0, 0.1) is 18.4 Å². The minimum absolute atomic E-state index is 0.140. The van der Waals surface area contributed by atoms with Crippen LogP contribution in [0.2, 0.25) is 0 Å². The van der Waals surface area contributed by atoms with Crippen LogP contribution in [-0.2, 0) is 15.3 Å². The van der Waals surface area contributed by atoms with Gasteiger partial charge in [0.15, 0.2) is 0 Å². The Morgan fingerprint density at radius 3 is 3.08 bits per heavy atom. The van der Waals surface area contributed by atoms with Gasteiger partial charge in [-0.3, -0.25) is 4.79 Å². The van der Waals surface area contributed by atoms with Crippen molar-refractivity contribution in [3.05, 3.63) is 62.4 Å². The zero-order valence-corrected chi connectivity index (χ0v) is 14.9. The molecule has 0 amide bonds. The maximum absolute atomic E-state index is 12.2. The van der Waals surface area contributed by atoms with E-state index in [9.17, 15) is 9.59 Å². The van der Waals surface area contributed by atoms with Gasteiger partial charge >= 0.3 is 11.6 Å². The Hall–Kier alpha value is -2.96. The van der Waals surface area contributed by atoms with Crippen molar-refractivity contribution in [3.8, 4) is 11.8 Å². The molecule has 2 heterocycles. The molecule has 5 nitrogen and oxygen atoms in total. The molecule has 0 saturated carbocycles. The number of hydrogen-bond donors (Lipinski definition) is 0. The highest BCUT2D eigenvalue weighted by atomic mass is 32.2. The normalized spacial score (nSPS) is 13.6. The molecule has 0 saturated heterocycles. The molecule has 130 valence electrons. The third-order valence-electron chi connectivity index (χ3n) is 3.73. The molecule has 26 heavy (non-hydrogen) atoms. The summed E-state index contributed by atoms with van der Waals surface area (Å²) in [5, 5.41) is 0.728. The van der Waals surface area contributed by atoms with Gasteiger partial charge in [-0.15, -0.1) is 0 Å². The van der Waals surface area contributed by atoms with E-state index in [2.05, 4.69) is 16.7 Å². The van der Waals surface area contributed by atoms with Crippen LogP contribution in [0.1, 0.15) is 30.0 Å². The van der Waals surface area contributed by atoms with Gasteiger partial charge in [0, 0.05) is 28.9 Å². The van der Waals surface area contributed by atoms with E-state index in [1.165, 1.54) is 6.08 Å². The lowest BCUT2D eigenvalue weighted by Crippen LogP contribution is -2.08. The molecule has 1 aromatic carbocycles. The molecule has 0 bridgehead atoms. The Bertz CT molecular complexity index is 1060. The van der Waals surface area contributed by atoms with Crippen LogP contribution in [0.15, 0.2) is 33.1 Å². The molecular weight excluding hydrogens is 350 g/mol. The summed E-state index contributed by atoms with van der Waals surface area (Å²) in [5.41, 5.74) is 1.65. The van der Waals surface area contributed by atoms with Gasteiger partial charge in [0.2, 0.25) is 0 Å². The predicted molar refractivity (Wildman–Crippen MR) is 101 cm³/mol. The van der Waals surface area contributed by atoms with E-state index in [-0.39, 0.29) is 17.9 Å². The van der Waals surface area contributed by atoms with E-state index < -0.39 is 11.6 Å². The highest BCUT2D eigenvalue weighted by molar-refractivity contribution is 7.98. The van der Waals surface area contributed by atoms with Crippen LogP contribution in [-0.4, -0.2) is 18.3 Å². The average molecular weight is 365 g/mol. The van der Waals surface area contributed by atoms with Crippen LogP contribution in [0.3, 0.4) is 0 Å². The molecule has 2 aromatic rings. The van der Waals surface area contributed by atoms with E-state index >= 15 is 0 Å². The number of carbonyl (C=O) groups excluding carboxylic acids is 1. The molecule has 0 fully saturated rings. The van der Waals surface area contributed by atoms with Gasteiger partial charge in [-0.2, -0.15) is 11.8 Å². The Morgan fingerprint density at radius 1 is 1.46 bits per heavy atom. The largest absolute Gasteiger partial charge is 0.471 e. The first-order valence-electron chi connectivity index (χ1n) is 8.06. The van der Waals surface area contributed by atoms with Gasteiger partial charge in [0.1, 0.15) is 5.58 Å². The fraction of sp³-hybridized carbons (Fsp3) is 0.250. The Labute approximate surface area is 154 Å². The third kappa shape index (κ3) is 3.82. The van der Waals surface area contributed by atoms with E-state index in [0.717, 1.165) is 34.4 Å². The van der Waals surface area contributed by atoms with Crippen molar-refractivity contribution >= 4 is 34.8 Å². The highest BCUT2D eigenvalue weighted by Crippen LogP contribution is 2.25. The fourth-order valence-electron chi connectivity index (χ4n) is 2.52. The summed E-state index contributed by atoms with van der Waals surface area (Å²) in [7, 11) is 0. The van der Waals surface area contributed by atoms with Crippen LogP contribution >= 0.6 is 11.8 Å². The van der Waals surface area contributed by atoms with E-state index in [1.54, 1.807) is 30.8 Å². The lowest BCUT2D eigenvalue weighted by molar-refractivity contribution is -0.138. The standard InChI is InChI=1S/C20H15NO4S/c1-3-24-20(23)17(21-2)10-15-8-14-9-16-12-26-7-5-4-6-13(16)11-18(14)25-19(15)22/h8-11H,3,5,7,12H2,1H3. The second-order valence-electron chi connectivity index (χ2n) is 5.50. The highest BCUT2D eigenvalue weighted by Gasteiger charge is 2.14. The first-order chi connectivity index (χ1) is 12.6. The fourth-order valence-corrected chi connectivity index (χ4v) is 3.37. The average Bonchev–Trinajstić information content (AvgIpc) is 2.60. The number of benzene rings is 1. The zero-order chi connectivity index (χ0) is 18.5. The molecule has 0 unspecified atom stereocenters. The van der Waals surface area contributed by atoms with Crippen LogP contribution < -0.4 is 5.63 Å². The smallest absolute Gasteiger partial charge is 0.342 e. The molecule has 0 aliphatic carbocycles. The molecule has 1 aliphatic rings. The summed E-state index contributed by atoms with van der Waals surface area (Å²) in [6, 6.07) is 5.35. The van der Waals surface area contributed by atoms with Crippen LogP contribution in [0.5, 0.6) is 0 Å². The van der Waals surface area contributed by atoms with Crippen LogP contribution in [0.25, 0.3) is 21.9 Å². The minimum Gasteiger partial charge on any atom is -0.471 e. The number of fused-ring (bicyclic) bond motifs is 2. The first kappa shape index (κ1) is 17.8. The van der Waals surface area contributed by atoms with Gasteiger partial charge in [-0.1, -0.05) is 11.8 Å². The number of carbonyl (C=O) groups is 1. The third-order valence-corrected chi connectivity index (χ3v) is 4.74. The van der Waals surface area contributed by atoms with Gasteiger partial charge in [-0.25, -0.2) is 9.64 Å². The molecule has 0 atom stereocenters. The lowest BCUT2D eigenvalue weighted by atomic mass is 10.0. The molecule has 0 spiro atoms. The summed E-state index contributed by atoms with van der Waals surface area (Å²) in [4.78, 5) is 27.2. The van der Waals surface area contributed by atoms with Gasteiger partial charge in [-0.05, 0) is 36.8 Å². The first-order valence-corrected chi connectivity index (χ1v) is 9.21. The zero-order valence-electron chi connectivity index (χ0n) is 14.1. The van der Waals surface area contributed by atoms with Gasteiger partial charge < -0.3 is 9.15 Å². The molecule has 0 N–H and O–H groups in total. The topological polar surface area (TPSA) is 60.9 Å². The maximum atomic E-state index is 12.2. The summed E-state index contributed by atoms with van der Waals surface area (Å²) in [6.07, 6.45) is 2.05. The summed E-state index contributed by atoms with van der Waals surface area (Å²) in [5.74, 6) is 7.29. The molecular formula is C20H15NO4S. The lowest BCUT2D eigenvalue weighted by Gasteiger charge is -2.09. The molecule has 1 aliphatic heterocycles. The maximum Gasteiger partial charge on any atom is 0.342 e. The van der Waals surface area contributed by atoms with E-state index in [1.807, 2.05) is 6.07 Å². The van der Waals surface area contributed by atoms with Crippen molar-refractivity contribution in [3.63, 3.8) is 0 Å². The quantitative estimate of drug-likeness (QED) is 0.273. The Kier molecular flexibility index (Phi) is 5.46. The number of thioether (sulfide) groups is 1. The van der Waals surface area contributed by atoms with Crippen molar-refractivity contribution in [2.75, 3.05) is 12.4 Å². The van der Waals surface area contributed by atoms with Crippen molar-refractivity contribution in [2.24, 2.45) is 0 Å². The van der Waals surface area contributed by atoms with E-state index in [0.29, 0.717) is 5.58 Å². The van der Waals surface area contributed by atoms with Gasteiger partial charge in [0.25, 0.3) is 5.70 Å². The second-order valence-corrected chi connectivity index (χ2v) is 6.61.